The van der Waals surface area contributed by atoms with Gasteiger partial charge in [0.25, 0.3) is 0 Å². The topological polar surface area (TPSA) is 67.9 Å². The van der Waals surface area contributed by atoms with Gasteiger partial charge in [0.05, 0.1) is 18.8 Å². The molecule has 0 saturated heterocycles. The van der Waals surface area contributed by atoms with Gasteiger partial charge in [-0.15, -0.1) is 24.5 Å². The van der Waals surface area contributed by atoms with Gasteiger partial charge in [0.2, 0.25) is 0 Å². The van der Waals surface area contributed by atoms with Crippen LogP contribution in [0.3, 0.4) is 0 Å². The molecule has 1 rings (SSSR count). The molecule has 0 spiro atoms. The van der Waals surface area contributed by atoms with Gasteiger partial charge in [0.1, 0.15) is 9.88 Å². The third-order valence-electron chi connectivity index (χ3n) is 3.29. The minimum atomic E-state index is -0.513. The van der Waals surface area contributed by atoms with E-state index in [0.29, 0.717) is 39.2 Å². The van der Waals surface area contributed by atoms with Gasteiger partial charge in [-0.05, 0) is 38.6 Å². The molecule has 0 bridgehead atoms. The fraction of sp³-hybridized carbons (Fsp3) is 0.389. The molecule has 0 aliphatic heterocycles. The van der Waals surface area contributed by atoms with Gasteiger partial charge in [-0.1, -0.05) is 12.2 Å². The van der Waals surface area contributed by atoms with Crippen molar-refractivity contribution < 1.29 is 19.1 Å². The van der Waals surface area contributed by atoms with Crippen molar-refractivity contribution >= 4 is 45.6 Å². The molecule has 1 heterocycles. The molecule has 0 aliphatic rings. The molecule has 0 amide bonds. The van der Waals surface area contributed by atoms with Gasteiger partial charge >= 0.3 is 11.9 Å². The van der Waals surface area contributed by atoms with E-state index in [-0.39, 0.29) is 13.2 Å². The SMILES string of the molecule is C=CCN(CC=C)C(=S)Nc1sc(C(=O)OCC)c(C)c1C(=O)OCC. The summed E-state index contributed by atoms with van der Waals surface area (Å²) in [6, 6.07) is 0. The van der Waals surface area contributed by atoms with Crippen molar-refractivity contribution in [3.8, 4) is 0 Å². The number of esters is 2. The first-order valence-electron chi connectivity index (χ1n) is 8.16. The monoisotopic (exact) mass is 396 g/mol. The molecule has 1 N–H and O–H groups in total. The van der Waals surface area contributed by atoms with Crippen LogP contribution in [0, 0.1) is 6.92 Å². The van der Waals surface area contributed by atoms with Crippen LogP contribution < -0.4 is 5.32 Å². The lowest BCUT2D eigenvalue weighted by molar-refractivity contribution is 0.0527. The molecule has 6 nitrogen and oxygen atoms in total. The van der Waals surface area contributed by atoms with Crippen molar-refractivity contribution in [2.45, 2.75) is 20.8 Å². The molecule has 0 radical (unpaired) electrons. The standard InChI is InChI=1S/C18H24N2O4S2/c1-6-10-20(11-7-2)18(25)19-15-13(16(21)23-8-3)12(5)14(26-15)17(22)24-9-4/h6-7H,1-2,8-11H2,3-5H3,(H,19,25). The van der Waals surface area contributed by atoms with Gasteiger partial charge < -0.3 is 19.7 Å². The average Bonchev–Trinajstić information content (AvgIpc) is 2.91. The molecular weight excluding hydrogens is 372 g/mol. The Kier molecular flexibility index (Phi) is 9.01. The van der Waals surface area contributed by atoms with Crippen LogP contribution in [0.25, 0.3) is 0 Å². The highest BCUT2D eigenvalue weighted by atomic mass is 32.1. The number of ether oxygens (including phenoxy) is 2. The first-order chi connectivity index (χ1) is 12.4. The van der Waals surface area contributed by atoms with Gasteiger partial charge in [-0.3, -0.25) is 0 Å². The zero-order valence-corrected chi connectivity index (χ0v) is 16.9. The van der Waals surface area contributed by atoms with Crippen LogP contribution in [0.1, 0.15) is 39.4 Å². The van der Waals surface area contributed by atoms with E-state index in [4.69, 9.17) is 21.7 Å². The minimum absolute atomic E-state index is 0.228. The molecular formula is C18H24N2O4S2. The largest absolute Gasteiger partial charge is 0.462 e. The molecule has 0 aliphatic carbocycles. The number of thiocarbonyl (C=S) groups is 1. The summed E-state index contributed by atoms with van der Waals surface area (Å²) in [5.74, 6) is -0.991. The highest BCUT2D eigenvalue weighted by Crippen LogP contribution is 2.34. The van der Waals surface area contributed by atoms with Gasteiger partial charge in [0, 0.05) is 13.1 Å². The second kappa shape index (κ2) is 10.7. The number of nitrogens with one attached hydrogen (secondary N) is 1. The van der Waals surface area contributed by atoms with E-state index in [9.17, 15) is 9.59 Å². The number of anilines is 1. The molecule has 0 fully saturated rings. The zero-order valence-electron chi connectivity index (χ0n) is 15.3. The lowest BCUT2D eigenvalue weighted by atomic mass is 10.1. The zero-order chi connectivity index (χ0) is 19.7. The van der Waals surface area contributed by atoms with E-state index in [0.717, 1.165) is 11.3 Å². The number of carbonyl (C=O) groups excluding carboxylic acids is 2. The van der Waals surface area contributed by atoms with Crippen LogP contribution in [-0.2, 0) is 9.47 Å². The molecule has 1 aromatic heterocycles. The summed E-state index contributed by atoms with van der Waals surface area (Å²) in [5.41, 5.74) is 0.801. The molecule has 0 atom stereocenters. The number of hydrogen-bond donors (Lipinski definition) is 1. The Labute approximate surface area is 163 Å². The molecule has 0 aromatic carbocycles. The van der Waals surface area contributed by atoms with Crippen LogP contribution in [0.4, 0.5) is 5.00 Å². The van der Waals surface area contributed by atoms with E-state index in [1.165, 1.54) is 0 Å². The molecule has 142 valence electrons. The van der Waals surface area contributed by atoms with Crippen LogP contribution in [0.15, 0.2) is 25.3 Å². The number of hydrogen-bond acceptors (Lipinski definition) is 6. The smallest absolute Gasteiger partial charge is 0.348 e. The molecule has 0 unspecified atom stereocenters. The van der Waals surface area contributed by atoms with Gasteiger partial charge in [-0.25, -0.2) is 9.59 Å². The predicted octanol–water partition coefficient (Wildman–Crippen LogP) is 3.78. The Bertz CT molecular complexity index is 688. The Hall–Kier alpha value is -2.19. The Morgan fingerprint density at radius 1 is 1.15 bits per heavy atom. The normalized spacial score (nSPS) is 9.96. The van der Waals surface area contributed by atoms with Crippen LogP contribution >= 0.6 is 23.6 Å². The number of rotatable bonds is 9. The summed E-state index contributed by atoms with van der Waals surface area (Å²) in [6.45, 7) is 14.1. The van der Waals surface area contributed by atoms with Crippen molar-refractivity contribution in [2.75, 3.05) is 31.6 Å². The van der Waals surface area contributed by atoms with Crippen molar-refractivity contribution in [1.82, 2.24) is 4.90 Å². The Balaban J connectivity index is 3.25. The second-order valence-corrected chi connectivity index (χ2v) is 6.52. The summed E-state index contributed by atoms with van der Waals surface area (Å²) in [5, 5.41) is 3.90. The predicted molar refractivity (Wildman–Crippen MR) is 109 cm³/mol. The number of nitrogens with zero attached hydrogens (tertiary/aromatic N) is 1. The quantitative estimate of drug-likeness (QED) is 0.387. The first kappa shape index (κ1) is 21.9. The second-order valence-electron chi connectivity index (χ2n) is 5.11. The fourth-order valence-corrected chi connectivity index (χ4v) is 3.57. The highest BCUT2D eigenvalue weighted by molar-refractivity contribution is 7.80. The third kappa shape index (κ3) is 5.40. The van der Waals surface area contributed by atoms with Crippen LogP contribution in [0.2, 0.25) is 0 Å². The lowest BCUT2D eigenvalue weighted by Gasteiger charge is -2.22. The van der Waals surface area contributed by atoms with Gasteiger partial charge in [0.15, 0.2) is 5.11 Å². The number of carbonyl (C=O) groups is 2. The maximum Gasteiger partial charge on any atom is 0.348 e. The van der Waals surface area contributed by atoms with Crippen molar-refractivity contribution in [3.63, 3.8) is 0 Å². The third-order valence-corrected chi connectivity index (χ3v) is 4.84. The maximum atomic E-state index is 12.4. The fourth-order valence-electron chi connectivity index (χ4n) is 2.17. The summed E-state index contributed by atoms with van der Waals surface area (Å²) in [6.07, 6.45) is 3.43. The van der Waals surface area contributed by atoms with Crippen molar-refractivity contribution in [1.29, 1.82) is 0 Å². The number of thiophene rings is 1. The first-order valence-corrected chi connectivity index (χ1v) is 9.38. The van der Waals surface area contributed by atoms with Gasteiger partial charge in [-0.2, -0.15) is 0 Å². The summed E-state index contributed by atoms with van der Waals surface area (Å²) >= 11 is 6.54. The van der Waals surface area contributed by atoms with E-state index < -0.39 is 11.9 Å². The summed E-state index contributed by atoms with van der Waals surface area (Å²) < 4.78 is 10.2. The van der Waals surface area contributed by atoms with Crippen molar-refractivity contribution in [3.05, 3.63) is 41.3 Å². The Morgan fingerprint density at radius 2 is 1.69 bits per heavy atom. The molecule has 1 aromatic rings. The average molecular weight is 397 g/mol. The lowest BCUT2D eigenvalue weighted by Crippen LogP contribution is -2.35. The highest BCUT2D eigenvalue weighted by Gasteiger charge is 2.27. The summed E-state index contributed by atoms with van der Waals surface area (Å²) in [7, 11) is 0. The van der Waals surface area contributed by atoms with E-state index >= 15 is 0 Å². The molecule has 0 saturated carbocycles. The van der Waals surface area contributed by atoms with Crippen LogP contribution in [0.5, 0.6) is 0 Å². The van der Waals surface area contributed by atoms with E-state index in [1.807, 2.05) is 4.90 Å². The minimum Gasteiger partial charge on any atom is -0.462 e. The summed E-state index contributed by atoms with van der Waals surface area (Å²) in [4.78, 5) is 26.7. The molecule has 26 heavy (non-hydrogen) atoms. The van der Waals surface area contributed by atoms with Crippen LogP contribution in [-0.4, -0.2) is 48.3 Å². The van der Waals surface area contributed by atoms with E-state index in [2.05, 4.69) is 18.5 Å². The molecule has 8 heteroatoms. The van der Waals surface area contributed by atoms with Crippen molar-refractivity contribution in [2.24, 2.45) is 0 Å². The Morgan fingerprint density at radius 3 is 2.19 bits per heavy atom. The van der Waals surface area contributed by atoms with E-state index in [1.54, 1.807) is 32.9 Å². The maximum absolute atomic E-state index is 12.4.